The van der Waals surface area contributed by atoms with E-state index in [4.69, 9.17) is 4.74 Å². The van der Waals surface area contributed by atoms with Gasteiger partial charge in [0.25, 0.3) is 0 Å². The van der Waals surface area contributed by atoms with Gasteiger partial charge in [-0.15, -0.1) is 0 Å². The average molecular weight is 237 g/mol. The third-order valence-corrected chi connectivity index (χ3v) is 2.72. The molecule has 0 aliphatic carbocycles. The molecule has 2 heterocycles. The highest BCUT2D eigenvalue weighted by atomic mass is 32.1. The molecular weight excluding hydrogens is 226 g/mol. The highest BCUT2D eigenvalue weighted by Gasteiger charge is 1.98. The third kappa shape index (κ3) is 2.60. The van der Waals surface area contributed by atoms with Crippen LogP contribution in [-0.2, 0) is 6.54 Å². The molecule has 5 nitrogen and oxygen atoms in total. The molecule has 0 bridgehead atoms. The number of ether oxygens (including phenoxy) is 1. The molecule has 0 saturated heterocycles. The van der Waals surface area contributed by atoms with Crippen LogP contribution in [0.4, 0.5) is 5.82 Å². The van der Waals surface area contributed by atoms with Gasteiger partial charge in [-0.2, -0.15) is 0 Å². The molecule has 2 rings (SSSR count). The van der Waals surface area contributed by atoms with Crippen LogP contribution in [0.1, 0.15) is 5.69 Å². The summed E-state index contributed by atoms with van der Waals surface area (Å²) in [6, 6.07) is 3.65. The van der Waals surface area contributed by atoms with Crippen molar-refractivity contribution in [2.24, 2.45) is 0 Å². The minimum absolute atomic E-state index is 0.0421. The lowest BCUT2D eigenvalue weighted by Gasteiger charge is -2.04. The molecule has 2 aromatic heterocycles. The number of aromatic amines is 1. The molecule has 16 heavy (non-hydrogen) atoms. The number of thiazole rings is 1. The Labute approximate surface area is 96.1 Å². The summed E-state index contributed by atoms with van der Waals surface area (Å²) in [5.74, 6) is 1.46. The van der Waals surface area contributed by atoms with Gasteiger partial charge in [0.05, 0.1) is 19.9 Å². The quantitative estimate of drug-likeness (QED) is 0.844. The number of nitrogens with zero attached hydrogens (tertiary/aromatic N) is 1. The summed E-state index contributed by atoms with van der Waals surface area (Å²) in [6.45, 7) is 0.554. The smallest absolute Gasteiger partial charge is 0.304 e. The second-order valence-electron chi connectivity index (χ2n) is 3.11. The molecule has 0 aromatic carbocycles. The van der Waals surface area contributed by atoms with E-state index in [0.717, 1.165) is 28.6 Å². The number of H-pyrrole nitrogens is 1. The summed E-state index contributed by atoms with van der Waals surface area (Å²) in [5.41, 5.74) is 0.854. The first-order valence-electron chi connectivity index (χ1n) is 4.68. The zero-order chi connectivity index (χ0) is 11.4. The zero-order valence-electron chi connectivity index (χ0n) is 8.69. The van der Waals surface area contributed by atoms with Crippen LogP contribution in [0.15, 0.2) is 28.5 Å². The van der Waals surface area contributed by atoms with Crippen molar-refractivity contribution in [2.45, 2.75) is 6.54 Å². The number of hydrogen-bond acceptors (Lipinski definition) is 5. The second-order valence-corrected chi connectivity index (χ2v) is 3.95. The van der Waals surface area contributed by atoms with Crippen molar-refractivity contribution in [1.29, 1.82) is 0 Å². The van der Waals surface area contributed by atoms with E-state index in [-0.39, 0.29) is 4.87 Å². The van der Waals surface area contributed by atoms with Crippen LogP contribution >= 0.6 is 11.3 Å². The first kappa shape index (κ1) is 10.7. The van der Waals surface area contributed by atoms with Crippen molar-refractivity contribution in [3.63, 3.8) is 0 Å². The van der Waals surface area contributed by atoms with E-state index in [1.807, 2.05) is 12.1 Å². The van der Waals surface area contributed by atoms with Crippen LogP contribution in [0.5, 0.6) is 5.75 Å². The zero-order valence-corrected chi connectivity index (χ0v) is 9.50. The predicted molar refractivity (Wildman–Crippen MR) is 63.1 cm³/mol. The van der Waals surface area contributed by atoms with Crippen molar-refractivity contribution in [3.8, 4) is 5.75 Å². The number of hydrogen-bond donors (Lipinski definition) is 2. The molecule has 0 radical (unpaired) electrons. The van der Waals surface area contributed by atoms with Crippen LogP contribution in [0.2, 0.25) is 0 Å². The van der Waals surface area contributed by atoms with Crippen molar-refractivity contribution in [1.82, 2.24) is 9.97 Å². The number of nitrogens with one attached hydrogen (secondary N) is 2. The van der Waals surface area contributed by atoms with Crippen molar-refractivity contribution in [3.05, 3.63) is 39.1 Å². The predicted octanol–water partition coefficient (Wildman–Crippen LogP) is 1.45. The van der Waals surface area contributed by atoms with Gasteiger partial charge in [0.15, 0.2) is 0 Å². The lowest BCUT2D eigenvalue weighted by molar-refractivity contribution is 0.413. The summed E-state index contributed by atoms with van der Waals surface area (Å²) in [5, 5.41) is 4.89. The summed E-state index contributed by atoms with van der Waals surface area (Å²) >= 11 is 1.15. The monoisotopic (exact) mass is 237 g/mol. The summed E-state index contributed by atoms with van der Waals surface area (Å²) in [6.07, 6.45) is 1.64. The number of aromatic nitrogens is 2. The third-order valence-electron chi connectivity index (χ3n) is 2.00. The van der Waals surface area contributed by atoms with Crippen LogP contribution in [0.3, 0.4) is 0 Å². The standard InChI is InChI=1S/C10H11N3O2S/c1-15-8-2-3-9(12-5-8)11-4-7-6-16-10(14)13-7/h2-3,5-6H,4H2,1H3,(H,11,12)(H,13,14). The molecule has 0 aliphatic heterocycles. The maximum absolute atomic E-state index is 10.9. The first-order chi connectivity index (χ1) is 7.78. The van der Waals surface area contributed by atoms with Gasteiger partial charge in [0, 0.05) is 11.1 Å². The van der Waals surface area contributed by atoms with Gasteiger partial charge < -0.3 is 15.0 Å². The molecule has 84 valence electrons. The largest absolute Gasteiger partial charge is 0.495 e. The van der Waals surface area contributed by atoms with Gasteiger partial charge in [0.1, 0.15) is 11.6 Å². The SMILES string of the molecule is COc1ccc(NCc2csc(=O)[nH]2)nc1. The van der Waals surface area contributed by atoms with Gasteiger partial charge in [-0.05, 0) is 12.1 Å². The number of anilines is 1. The van der Waals surface area contributed by atoms with E-state index >= 15 is 0 Å². The molecule has 2 N–H and O–H groups in total. The fourth-order valence-corrected chi connectivity index (χ4v) is 1.77. The summed E-state index contributed by atoms with van der Waals surface area (Å²) in [4.78, 5) is 17.7. The van der Waals surface area contributed by atoms with E-state index in [9.17, 15) is 4.79 Å². The van der Waals surface area contributed by atoms with E-state index in [1.54, 1.807) is 18.7 Å². The molecule has 2 aromatic rings. The maximum atomic E-state index is 10.9. The van der Waals surface area contributed by atoms with E-state index < -0.39 is 0 Å². The maximum Gasteiger partial charge on any atom is 0.304 e. The highest BCUT2D eigenvalue weighted by molar-refractivity contribution is 7.07. The van der Waals surface area contributed by atoms with Gasteiger partial charge in [-0.1, -0.05) is 11.3 Å². The van der Waals surface area contributed by atoms with Crippen molar-refractivity contribution < 1.29 is 4.74 Å². The number of rotatable bonds is 4. The Morgan fingerprint density at radius 2 is 2.44 bits per heavy atom. The second kappa shape index (κ2) is 4.80. The fraction of sp³-hybridized carbons (Fsp3) is 0.200. The average Bonchev–Trinajstić information content (AvgIpc) is 2.73. The van der Waals surface area contributed by atoms with Crippen LogP contribution in [0, 0.1) is 0 Å². The molecule has 0 fully saturated rings. The molecule has 0 atom stereocenters. The molecule has 0 aliphatic rings. The lowest BCUT2D eigenvalue weighted by atomic mass is 10.4. The molecule has 0 unspecified atom stereocenters. The van der Waals surface area contributed by atoms with Crippen LogP contribution in [0.25, 0.3) is 0 Å². The van der Waals surface area contributed by atoms with Crippen molar-refractivity contribution in [2.75, 3.05) is 12.4 Å². The molecule has 0 spiro atoms. The Balaban J connectivity index is 1.96. The molecule has 0 saturated carbocycles. The van der Waals surface area contributed by atoms with E-state index in [0.29, 0.717) is 6.54 Å². The minimum Gasteiger partial charge on any atom is -0.495 e. The minimum atomic E-state index is -0.0421. The van der Waals surface area contributed by atoms with E-state index in [1.165, 1.54) is 0 Å². The Hall–Kier alpha value is -1.82. The van der Waals surface area contributed by atoms with Gasteiger partial charge in [-0.3, -0.25) is 4.79 Å². The Kier molecular flexibility index (Phi) is 3.21. The van der Waals surface area contributed by atoms with Gasteiger partial charge >= 0.3 is 4.87 Å². The van der Waals surface area contributed by atoms with Crippen LogP contribution in [-0.4, -0.2) is 17.1 Å². The Bertz CT molecular complexity index is 503. The highest BCUT2D eigenvalue weighted by Crippen LogP contribution is 2.11. The number of pyridine rings is 1. The Morgan fingerprint density at radius 1 is 1.56 bits per heavy atom. The Morgan fingerprint density at radius 3 is 3.00 bits per heavy atom. The fourth-order valence-electron chi connectivity index (χ4n) is 1.19. The molecule has 6 heteroatoms. The van der Waals surface area contributed by atoms with E-state index in [2.05, 4.69) is 15.3 Å². The normalized spacial score (nSPS) is 10.1. The van der Waals surface area contributed by atoms with Crippen molar-refractivity contribution >= 4 is 17.2 Å². The first-order valence-corrected chi connectivity index (χ1v) is 5.56. The van der Waals surface area contributed by atoms with Crippen LogP contribution < -0.4 is 14.9 Å². The summed E-state index contributed by atoms with van der Waals surface area (Å²) in [7, 11) is 1.60. The molecular formula is C10H11N3O2S. The topological polar surface area (TPSA) is 67.0 Å². The summed E-state index contributed by atoms with van der Waals surface area (Å²) < 4.78 is 5.00. The van der Waals surface area contributed by atoms with Gasteiger partial charge in [0.2, 0.25) is 0 Å². The molecule has 0 amide bonds. The lowest BCUT2D eigenvalue weighted by Crippen LogP contribution is -2.03. The number of methoxy groups -OCH3 is 1. The van der Waals surface area contributed by atoms with Gasteiger partial charge in [-0.25, -0.2) is 4.98 Å².